The minimum atomic E-state index is 0.115. The molecule has 1 aromatic carbocycles. The molecule has 3 heterocycles. The van der Waals surface area contributed by atoms with Crippen LogP contribution in [0.15, 0.2) is 30.5 Å². The van der Waals surface area contributed by atoms with Crippen molar-refractivity contribution in [2.75, 3.05) is 26.8 Å². The average Bonchev–Trinajstić information content (AvgIpc) is 2.98. The van der Waals surface area contributed by atoms with Gasteiger partial charge < -0.3 is 14.4 Å². The van der Waals surface area contributed by atoms with Crippen LogP contribution in [0.5, 0.6) is 5.75 Å². The fraction of sp³-hybridized carbons (Fsp3) is 0.368. The van der Waals surface area contributed by atoms with E-state index < -0.39 is 0 Å². The molecule has 0 saturated carbocycles. The van der Waals surface area contributed by atoms with E-state index >= 15 is 0 Å². The van der Waals surface area contributed by atoms with E-state index in [0.29, 0.717) is 22.3 Å². The smallest absolute Gasteiger partial charge is 0.162 e. The first-order valence-corrected chi connectivity index (χ1v) is 9.01. The fourth-order valence-corrected chi connectivity index (χ4v) is 3.74. The van der Waals surface area contributed by atoms with Crippen LogP contribution in [-0.4, -0.2) is 57.6 Å². The molecule has 1 aliphatic heterocycles. The summed E-state index contributed by atoms with van der Waals surface area (Å²) in [5.41, 5.74) is 3.00. The highest BCUT2D eigenvalue weighted by Crippen LogP contribution is 2.34. The number of nitrogens with zero attached hydrogens (tertiary/aromatic N) is 4. The number of aromatic hydroxyl groups is 1. The fourth-order valence-electron chi connectivity index (χ4n) is 3.47. The van der Waals surface area contributed by atoms with Crippen LogP contribution in [-0.2, 0) is 11.3 Å². The molecular weight excluding hydrogens is 352 g/mol. The first-order valence-electron chi connectivity index (χ1n) is 8.63. The van der Waals surface area contributed by atoms with Crippen LogP contribution < -0.4 is 0 Å². The highest BCUT2D eigenvalue weighted by atomic mass is 35.5. The molecule has 4 rings (SSSR count). The number of aryl methyl sites for hydroxylation is 1. The average molecular weight is 373 g/mol. The number of hydrogen-bond donors (Lipinski definition) is 1. The second-order valence-electron chi connectivity index (χ2n) is 6.80. The van der Waals surface area contributed by atoms with Crippen molar-refractivity contribution in [3.8, 4) is 17.0 Å². The summed E-state index contributed by atoms with van der Waals surface area (Å²) in [6.45, 7) is 5.15. The topological polar surface area (TPSA) is 63.4 Å². The van der Waals surface area contributed by atoms with Gasteiger partial charge in [0, 0.05) is 35.3 Å². The molecule has 2 aromatic heterocycles. The third kappa shape index (κ3) is 3.16. The molecule has 6 nitrogen and oxygen atoms in total. The zero-order valence-corrected chi connectivity index (χ0v) is 15.6. The van der Waals surface area contributed by atoms with Gasteiger partial charge in [0.15, 0.2) is 5.65 Å². The molecule has 0 radical (unpaired) electrons. The minimum absolute atomic E-state index is 0.115. The van der Waals surface area contributed by atoms with Gasteiger partial charge in [-0.15, -0.1) is 10.2 Å². The first-order chi connectivity index (χ1) is 12.5. The van der Waals surface area contributed by atoms with E-state index in [9.17, 15) is 5.11 Å². The van der Waals surface area contributed by atoms with Gasteiger partial charge in [-0.3, -0.25) is 4.90 Å². The van der Waals surface area contributed by atoms with Gasteiger partial charge in [0.2, 0.25) is 0 Å². The maximum atomic E-state index is 10.3. The summed E-state index contributed by atoms with van der Waals surface area (Å²) >= 11 is 6.00. The van der Waals surface area contributed by atoms with Crippen LogP contribution in [0.25, 0.3) is 22.3 Å². The number of benzene rings is 1. The predicted molar refractivity (Wildman–Crippen MR) is 102 cm³/mol. The lowest BCUT2D eigenvalue weighted by Gasteiger charge is -2.32. The Balaban J connectivity index is 1.68. The third-order valence-electron chi connectivity index (χ3n) is 4.97. The van der Waals surface area contributed by atoms with Crippen LogP contribution in [0.4, 0.5) is 0 Å². The zero-order chi connectivity index (χ0) is 18.3. The van der Waals surface area contributed by atoms with Crippen molar-refractivity contribution in [1.82, 2.24) is 19.7 Å². The Hall–Kier alpha value is -2.15. The van der Waals surface area contributed by atoms with Crippen molar-refractivity contribution in [2.45, 2.75) is 19.5 Å². The van der Waals surface area contributed by atoms with E-state index in [4.69, 9.17) is 16.3 Å². The molecule has 1 atom stereocenters. The molecule has 26 heavy (non-hydrogen) atoms. The van der Waals surface area contributed by atoms with Gasteiger partial charge in [-0.2, -0.15) is 0 Å². The molecule has 7 heteroatoms. The Kier molecular flexibility index (Phi) is 4.56. The van der Waals surface area contributed by atoms with Crippen molar-refractivity contribution < 1.29 is 9.84 Å². The number of rotatable bonds is 3. The van der Waals surface area contributed by atoms with E-state index in [1.165, 1.54) is 6.07 Å². The number of likely N-dealkylation sites (N-methyl/N-ethyl adjacent to an activating group) is 1. The highest BCUT2D eigenvalue weighted by Gasteiger charge is 2.21. The number of fused-ring (bicyclic) bond motifs is 1. The molecule has 3 aromatic rings. The molecule has 0 aliphatic carbocycles. The standard InChI is InChI=1S/C19H21ClN4O2/c1-12-7-14(20)9-17(25)18(12)16-8-13-3-4-24(19(13)22-21-16)10-15-11-26-6-5-23(15)2/h3-4,7-9,15,25H,5-6,10-11H2,1-2H3. The van der Waals surface area contributed by atoms with Gasteiger partial charge in [-0.25, -0.2) is 0 Å². The van der Waals surface area contributed by atoms with Crippen molar-refractivity contribution in [1.29, 1.82) is 0 Å². The number of phenols is 1. The van der Waals surface area contributed by atoms with Crippen molar-refractivity contribution in [2.24, 2.45) is 0 Å². The monoisotopic (exact) mass is 372 g/mol. The molecular formula is C19H21ClN4O2. The Morgan fingerprint density at radius 1 is 1.31 bits per heavy atom. The summed E-state index contributed by atoms with van der Waals surface area (Å²) in [6, 6.07) is 7.64. The second-order valence-corrected chi connectivity index (χ2v) is 7.24. The molecule has 0 spiro atoms. The quantitative estimate of drug-likeness (QED) is 0.765. The lowest BCUT2D eigenvalue weighted by molar-refractivity contribution is 0.000181. The van der Waals surface area contributed by atoms with Crippen LogP contribution >= 0.6 is 11.6 Å². The van der Waals surface area contributed by atoms with Crippen LogP contribution in [0, 0.1) is 6.92 Å². The molecule has 1 aliphatic rings. The Labute approximate surface area is 157 Å². The number of morpholine rings is 1. The minimum Gasteiger partial charge on any atom is -0.507 e. The normalized spacial score (nSPS) is 18.5. The summed E-state index contributed by atoms with van der Waals surface area (Å²) in [4.78, 5) is 2.31. The Bertz CT molecular complexity index is 933. The van der Waals surface area contributed by atoms with Crippen LogP contribution in [0.1, 0.15) is 5.56 Å². The molecule has 1 saturated heterocycles. The molecule has 136 valence electrons. The van der Waals surface area contributed by atoms with Gasteiger partial charge in [0.1, 0.15) is 5.75 Å². The van der Waals surface area contributed by atoms with Gasteiger partial charge in [-0.05, 0) is 43.8 Å². The van der Waals surface area contributed by atoms with E-state index in [0.717, 1.165) is 42.9 Å². The largest absolute Gasteiger partial charge is 0.507 e. The van der Waals surface area contributed by atoms with Crippen molar-refractivity contribution in [3.05, 3.63) is 41.0 Å². The first kappa shape index (κ1) is 17.3. The van der Waals surface area contributed by atoms with E-state index in [-0.39, 0.29) is 5.75 Å². The summed E-state index contributed by atoms with van der Waals surface area (Å²) in [6.07, 6.45) is 2.03. The molecule has 0 bridgehead atoms. The van der Waals surface area contributed by atoms with Crippen molar-refractivity contribution >= 4 is 22.6 Å². The molecule has 0 amide bonds. The van der Waals surface area contributed by atoms with Gasteiger partial charge in [0.25, 0.3) is 0 Å². The summed E-state index contributed by atoms with van der Waals surface area (Å²) < 4.78 is 7.70. The lowest BCUT2D eigenvalue weighted by atomic mass is 10.0. The zero-order valence-electron chi connectivity index (χ0n) is 14.8. The third-order valence-corrected chi connectivity index (χ3v) is 5.19. The highest BCUT2D eigenvalue weighted by molar-refractivity contribution is 6.31. The van der Waals surface area contributed by atoms with E-state index in [1.807, 2.05) is 31.3 Å². The molecule has 1 unspecified atom stereocenters. The number of ether oxygens (including phenoxy) is 1. The van der Waals surface area contributed by atoms with Crippen molar-refractivity contribution in [3.63, 3.8) is 0 Å². The van der Waals surface area contributed by atoms with Gasteiger partial charge >= 0.3 is 0 Å². The number of hydrogen-bond acceptors (Lipinski definition) is 5. The Morgan fingerprint density at radius 2 is 2.15 bits per heavy atom. The van der Waals surface area contributed by atoms with Crippen LogP contribution in [0.3, 0.4) is 0 Å². The number of aromatic nitrogens is 3. The van der Waals surface area contributed by atoms with E-state index in [2.05, 4.69) is 26.7 Å². The Morgan fingerprint density at radius 3 is 2.92 bits per heavy atom. The maximum absolute atomic E-state index is 10.3. The lowest BCUT2D eigenvalue weighted by Crippen LogP contribution is -2.45. The summed E-state index contributed by atoms with van der Waals surface area (Å²) in [7, 11) is 2.12. The SMILES string of the molecule is Cc1cc(Cl)cc(O)c1-c1cc2ccn(CC3COCCN3C)c2nn1. The summed E-state index contributed by atoms with van der Waals surface area (Å²) in [5, 5.41) is 20.5. The van der Waals surface area contributed by atoms with E-state index in [1.54, 1.807) is 0 Å². The number of phenolic OH excluding ortho intramolecular Hbond substituents is 1. The second kappa shape index (κ2) is 6.87. The molecule has 1 fully saturated rings. The number of halogens is 1. The predicted octanol–water partition coefficient (Wildman–Crippen LogP) is 3.10. The summed E-state index contributed by atoms with van der Waals surface area (Å²) in [5.74, 6) is 0.115. The molecule has 1 N–H and O–H groups in total. The van der Waals surface area contributed by atoms with Gasteiger partial charge in [0.05, 0.1) is 24.9 Å². The van der Waals surface area contributed by atoms with Crippen LogP contribution in [0.2, 0.25) is 5.02 Å². The van der Waals surface area contributed by atoms with Gasteiger partial charge in [-0.1, -0.05) is 11.6 Å². The maximum Gasteiger partial charge on any atom is 0.162 e.